The third-order valence-electron chi connectivity index (χ3n) is 4.76. The molecule has 3 heterocycles. The monoisotopic (exact) mass is 435 g/mol. The van der Waals surface area contributed by atoms with E-state index in [1.807, 2.05) is 0 Å². The molecule has 0 aromatic rings. The van der Waals surface area contributed by atoms with Crippen LogP contribution >= 0.6 is 37.2 Å². The van der Waals surface area contributed by atoms with Gasteiger partial charge in [-0.25, -0.2) is 0 Å². The standard InChI is InChI=1S/C15H30AsN3.3ClH/c1-4-10-17(11-5-1)16(18-12-6-2-7-13-18)19-14-8-3-9-15-19;;;/h1-15H2;3*1H. The molecule has 0 bridgehead atoms. The van der Waals surface area contributed by atoms with Gasteiger partial charge >= 0.3 is 124 Å². The minimum absolute atomic E-state index is 0. The molecule has 0 spiro atoms. The van der Waals surface area contributed by atoms with Gasteiger partial charge in [-0.2, -0.15) is 0 Å². The first kappa shape index (κ1) is 23.3. The molecule has 3 fully saturated rings. The van der Waals surface area contributed by atoms with Crippen LogP contribution in [0.3, 0.4) is 0 Å². The molecule has 134 valence electrons. The van der Waals surface area contributed by atoms with Gasteiger partial charge in [0.05, 0.1) is 0 Å². The summed E-state index contributed by atoms with van der Waals surface area (Å²) in [6.45, 7) is 8.38. The zero-order valence-corrected chi connectivity index (χ0v) is 17.9. The van der Waals surface area contributed by atoms with Crippen molar-refractivity contribution in [1.82, 2.24) is 11.5 Å². The number of nitrogens with zero attached hydrogens (tertiary/aromatic N) is 3. The van der Waals surface area contributed by atoms with Gasteiger partial charge in [-0.15, -0.1) is 37.2 Å². The van der Waals surface area contributed by atoms with Gasteiger partial charge in [0.1, 0.15) is 0 Å². The summed E-state index contributed by atoms with van der Waals surface area (Å²) in [4.78, 5) is 0. The largest absolute Gasteiger partial charge is 0.147 e. The van der Waals surface area contributed by atoms with Crippen molar-refractivity contribution < 1.29 is 0 Å². The number of hydrogen-bond acceptors (Lipinski definition) is 3. The van der Waals surface area contributed by atoms with Crippen molar-refractivity contribution in [2.24, 2.45) is 0 Å². The Labute approximate surface area is 160 Å². The molecule has 3 aliphatic heterocycles. The molecule has 0 radical (unpaired) electrons. The molecule has 0 aromatic heterocycles. The first-order valence-electron chi connectivity index (χ1n) is 8.50. The summed E-state index contributed by atoms with van der Waals surface area (Å²) in [5, 5.41) is 0. The molecule has 0 unspecified atom stereocenters. The zero-order valence-electron chi connectivity index (χ0n) is 13.6. The Hall–Kier alpha value is 1.31. The van der Waals surface area contributed by atoms with Crippen LogP contribution < -0.4 is 0 Å². The fraction of sp³-hybridized carbons (Fsp3) is 1.00. The SMILES string of the molecule is C1CCN([As](N2CCCCC2)N2CCCCC2)CC1.Cl.Cl.Cl. The normalized spacial score (nSPS) is 25.0. The molecule has 0 atom stereocenters. The van der Waals surface area contributed by atoms with E-state index in [1.165, 1.54) is 97.1 Å². The molecule has 3 rings (SSSR count). The second-order valence-corrected chi connectivity index (χ2v) is 11.0. The second-order valence-electron chi connectivity index (χ2n) is 6.31. The van der Waals surface area contributed by atoms with E-state index in [0.29, 0.717) is 0 Å². The van der Waals surface area contributed by atoms with Crippen molar-refractivity contribution in [3.05, 3.63) is 0 Å². The van der Waals surface area contributed by atoms with Gasteiger partial charge < -0.3 is 0 Å². The minimum atomic E-state index is -1.06. The Morgan fingerprint density at radius 2 is 0.591 bits per heavy atom. The van der Waals surface area contributed by atoms with Gasteiger partial charge in [-0.05, 0) is 0 Å². The number of hydrogen-bond donors (Lipinski definition) is 0. The van der Waals surface area contributed by atoms with Crippen LogP contribution in [0.1, 0.15) is 57.8 Å². The van der Waals surface area contributed by atoms with Crippen molar-refractivity contribution in [3.8, 4) is 0 Å². The smallest absolute Gasteiger partial charge is 0.147 e. The van der Waals surface area contributed by atoms with Crippen LogP contribution in [-0.2, 0) is 0 Å². The number of halogens is 3. The van der Waals surface area contributed by atoms with Gasteiger partial charge in [-0.1, -0.05) is 0 Å². The Morgan fingerprint density at radius 3 is 0.818 bits per heavy atom. The van der Waals surface area contributed by atoms with Gasteiger partial charge in [0.2, 0.25) is 0 Å². The van der Waals surface area contributed by atoms with Gasteiger partial charge in [-0.3, -0.25) is 0 Å². The Kier molecular flexibility index (Phi) is 13.4. The van der Waals surface area contributed by atoms with Crippen LogP contribution in [0.2, 0.25) is 0 Å². The number of rotatable bonds is 3. The maximum Gasteiger partial charge on any atom is -0.147 e. The van der Waals surface area contributed by atoms with Crippen LogP contribution in [0.4, 0.5) is 0 Å². The van der Waals surface area contributed by atoms with Gasteiger partial charge in [0.15, 0.2) is 0 Å². The maximum atomic E-state index is 2.94. The quantitative estimate of drug-likeness (QED) is 0.625. The van der Waals surface area contributed by atoms with Crippen molar-refractivity contribution in [1.29, 1.82) is 0 Å². The van der Waals surface area contributed by atoms with Crippen molar-refractivity contribution in [3.63, 3.8) is 0 Å². The van der Waals surface area contributed by atoms with E-state index in [-0.39, 0.29) is 37.2 Å². The summed E-state index contributed by atoms with van der Waals surface area (Å²) in [5.41, 5.74) is 0. The summed E-state index contributed by atoms with van der Waals surface area (Å²) < 4.78 is 8.81. The third kappa shape index (κ3) is 6.31. The van der Waals surface area contributed by atoms with Crippen LogP contribution in [0, 0.1) is 0 Å². The van der Waals surface area contributed by atoms with Gasteiger partial charge in [0.25, 0.3) is 0 Å². The average molecular weight is 437 g/mol. The summed E-state index contributed by atoms with van der Waals surface area (Å²) in [6, 6.07) is 0. The van der Waals surface area contributed by atoms with E-state index in [0.717, 1.165) is 0 Å². The van der Waals surface area contributed by atoms with Crippen molar-refractivity contribution in [2.45, 2.75) is 57.8 Å². The zero-order chi connectivity index (χ0) is 12.9. The topological polar surface area (TPSA) is 9.72 Å². The van der Waals surface area contributed by atoms with E-state index in [2.05, 4.69) is 11.5 Å². The van der Waals surface area contributed by atoms with Crippen LogP contribution in [0.15, 0.2) is 0 Å². The van der Waals surface area contributed by atoms with Crippen molar-refractivity contribution in [2.75, 3.05) is 39.3 Å². The molecule has 3 aliphatic rings. The maximum absolute atomic E-state index is 2.94. The predicted molar refractivity (Wildman–Crippen MR) is 104 cm³/mol. The molecule has 3 saturated heterocycles. The second kappa shape index (κ2) is 12.6. The summed E-state index contributed by atoms with van der Waals surface area (Å²) in [7, 11) is 0. The van der Waals surface area contributed by atoms with Crippen LogP contribution in [-0.4, -0.2) is 66.0 Å². The van der Waals surface area contributed by atoms with Crippen LogP contribution in [0.25, 0.3) is 0 Å². The van der Waals surface area contributed by atoms with Crippen LogP contribution in [0.5, 0.6) is 0 Å². The van der Waals surface area contributed by atoms with E-state index in [4.69, 9.17) is 0 Å². The van der Waals surface area contributed by atoms with E-state index < -0.39 is 15.3 Å². The molecule has 0 saturated carbocycles. The van der Waals surface area contributed by atoms with Gasteiger partial charge in [0, 0.05) is 0 Å². The first-order valence-corrected chi connectivity index (χ1v) is 11.0. The summed E-state index contributed by atoms with van der Waals surface area (Å²) in [6.07, 6.45) is 13.1. The molecule has 7 heteroatoms. The van der Waals surface area contributed by atoms with E-state index >= 15 is 0 Å². The fourth-order valence-electron chi connectivity index (χ4n) is 3.70. The van der Waals surface area contributed by atoms with E-state index in [9.17, 15) is 0 Å². The average Bonchev–Trinajstić information content (AvgIpc) is 2.51. The Morgan fingerprint density at radius 1 is 0.364 bits per heavy atom. The van der Waals surface area contributed by atoms with Crippen molar-refractivity contribution >= 4 is 52.5 Å². The molecule has 0 aliphatic carbocycles. The first-order chi connectivity index (χ1) is 9.45. The molecule has 3 nitrogen and oxygen atoms in total. The number of piperidine rings is 3. The molecular weight excluding hydrogens is 403 g/mol. The molecule has 0 aromatic carbocycles. The molecule has 0 amide bonds. The summed E-state index contributed by atoms with van der Waals surface area (Å²) in [5.74, 6) is 0. The minimum Gasteiger partial charge on any atom is -0.147 e. The summed E-state index contributed by atoms with van der Waals surface area (Å²) >= 11 is -1.06. The molecule has 22 heavy (non-hydrogen) atoms. The third-order valence-corrected chi connectivity index (χ3v) is 10.5. The Bertz CT molecular complexity index is 226. The molecular formula is C15H33AsCl3N3. The fourth-order valence-corrected chi connectivity index (χ4v) is 9.99. The Balaban J connectivity index is 0.00000147. The predicted octanol–water partition coefficient (Wildman–Crippen LogP) is 3.69. The molecule has 0 N–H and O–H groups in total. The van der Waals surface area contributed by atoms with E-state index in [1.54, 1.807) is 0 Å².